The first-order valence-electron chi connectivity index (χ1n) is 8.94. The standard InChI is InChI=1S/C18H20FN5O3/c19-15-4-1-2-5-16(15)27-12-18(26)23-10-14(11-23)24-9-13(20-21-24)8-22-7-3-6-17(22)25/h1-2,4-5,9,14H,3,6-8,10-12H2. The largest absolute Gasteiger partial charge is 0.481 e. The van der Waals surface area contributed by atoms with Crippen molar-refractivity contribution in [3.8, 4) is 5.75 Å². The predicted molar refractivity (Wildman–Crippen MR) is 92.2 cm³/mol. The molecule has 0 spiro atoms. The van der Waals surface area contributed by atoms with Crippen LogP contribution in [0.3, 0.4) is 0 Å². The molecule has 0 atom stereocenters. The Kier molecular flexibility index (Phi) is 4.74. The Morgan fingerprint density at radius 1 is 1.30 bits per heavy atom. The van der Waals surface area contributed by atoms with Gasteiger partial charge in [0, 0.05) is 26.1 Å². The second-order valence-corrected chi connectivity index (χ2v) is 6.78. The van der Waals surface area contributed by atoms with E-state index in [-0.39, 0.29) is 30.2 Å². The Balaban J connectivity index is 1.25. The molecule has 3 heterocycles. The zero-order chi connectivity index (χ0) is 18.8. The van der Waals surface area contributed by atoms with Crippen LogP contribution in [0.4, 0.5) is 4.39 Å². The molecule has 2 aliphatic rings. The van der Waals surface area contributed by atoms with E-state index < -0.39 is 5.82 Å². The molecular formula is C18H20FN5O3. The topological polar surface area (TPSA) is 80.6 Å². The number of rotatable bonds is 6. The lowest BCUT2D eigenvalue weighted by molar-refractivity contribution is -0.139. The predicted octanol–water partition coefficient (Wildman–Crippen LogP) is 1.00. The van der Waals surface area contributed by atoms with Crippen LogP contribution in [0.1, 0.15) is 24.6 Å². The van der Waals surface area contributed by atoms with Gasteiger partial charge in [-0.1, -0.05) is 17.3 Å². The lowest BCUT2D eigenvalue weighted by Crippen LogP contribution is -2.52. The Hall–Kier alpha value is -2.97. The average Bonchev–Trinajstić information content (AvgIpc) is 3.23. The molecule has 1 aromatic carbocycles. The minimum Gasteiger partial charge on any atom is -0.481 e. The fourth-order valence-electron chi connectivity index (χ4n) is 3.25. The highest BCUT2D eigenvalue weighted by Crippen LogP contribution is 2.22. The third-order valence-corrected chi connectivity index (χ3v) is 4.86. The summed E-state index contributed by atoms with van der Waals surface area (Å²) in [6.45, 7) is 2.05. The van der Waals surface area contributed by atoms with Crippen molar-refractivity contribution < 1.29 is 18.7 Å². The van der Waals surface area contributed by atoms with Crippen LogP contribution < -0.4 is 4.74 Å². The van der Waals surface area contributed by atoms with Gasteiger partial charge in [-0.15, -0.1) is 5.10 Å². The Morgan fingerprint density at radius 2 is 2.11 bits per heavy atom. The molecule has 2 saturated heterocycles. The van der Waals surface area contributed by atoms with Crippen LogP contribution in [0.25, 0.3) is 0 Å². The van der Waals surface area contributed by atoms with E-state index in [2.05, 4.69) is 10.3 Å². The van der Waals surface area contributed by atoms with Crippen LogP contribution in [-0.2, 0) is 16.1 Å². The summed E-state index contributed by atoms with van der Waals surface area (Å²) >= 11 is 0. The summed E-state index contributed by atoms with van der Waals surface area (Å²) in [6, 6.07) is 6.05. The maximum Gasteiger partial charge on any atom is 0.260 e. The van der Waals surface area contributed by atoms with E-state index in [0.717, 1.165) is 18.7 Å². The molecule has 0 radical (unpaired) electrons. The van der Waals surface area contributed by atoms with Crippen LogP contribution in [-0.4, -0.2) is 62.8 Å². The Labute approximate surface area is 155 Å². The molecule has 142 valence electrons. The number of benzene rings is 1. The molecule has 0 saturated carbocycles. The molecule has 9 heteroatoms. The van der Waals surface area contributed by atoms with Gasteiger partial charge < -0.3 is 14.5 Å². The number of likely N-dealkylation sites (tertiary alicyclic amines) is 2. The Morgan fingerprint density at radius 3 is 2.85 bits per heavy atom. The van der Waals surface area contributed by atoms with Gasteiger partial charge in [0.25, 0.3) is 5.91 Å². The summed E-state index contributed by atoms with van der Waals surface area (Å²) in [5.74, 6) is -0.462. The van der Waals surface area contributed by atoms with Crippen molar-refractivity contribution in [1.29, 1.82) is 0 Å². The van der Waals surface area contributed by atoms with Crippen molar-refractivity contribution in [3.05, 3.63) is 42.0 Å². The van der Waals surface area contributed by atoms with Gasteiger partial charge in [-0.3, -0.25) is 9.59 Å². The lowest BCUT2D eigenvalue weighted by Gasteiger charge is -2.38. The molecule has 2 aromatic rings. The van der Waals surface area contributed by atoms with Crippen molar-refractivity contribution >= 4 is 11.8 Å². The lowest BCUT2D eigenvalue weighted by atomic mass is 10.1. The number of carbonyl (C=O) groups excluding carboxylic acids is 2. The van der Waals surface area contributed by atoms with Crippen molar-refractivity contribution in [2.75, 3.05) is 26.2 Å². The minimum absolute atomic E-state index is 0.0536. The molecule has 0 unspecified atom stereocenters. The van der Waals surface area contributed by atoms with E-state index in [9.17, 15) is 14.0 Å². The molecule has 27 heavy (non-hydrogen) atoms. The third kappa shape index (κ3) is 3.76. The zero-order valence-electron chi connectivity index (χ0n) is 14.8. The van der Waals surface area contributed by atoms with Crippen molar-refractivity contribution in [2.45, 2.75) is 25.4 Å². The fourth-order valence-corrected chi connectivity index (χ4v) is 3.25. The number of aromatic nitrogens is 3. The van der Waals surface area contributed by atoms with Gasteiger partial charge in [-0.2, -0.15) is 0 Å². The summed E-state index contributed by atoms with van der Waals surface area (Å²) in [7, 11) is 0. The monoisotopic (exact) mass is 373 g/mol. The van der Waals surface area contributed by atoms with Crippen LogP contribution in [0.5, 0.6) is 5.75 Å². The van der Waals surface area contributed by atoms with E-state index in [0.29, 0.717) is 26.1 Å². The Bertz CT molecular complexity index is 849. The molecule has 8 nitrogen and oxygen atoms in total. The summed E-state index contributed by atoms with van der Waals surface area (Å²) in [5, 5.41) is 8.24. The quantitative estimate of drug-likeness (QED) is 0.755. The van der Waals surface area contributed by atoms with Gasteiger partial charge in [0.2, 0.25) is 5.91 Å². The molecule has 4 rings (SSSR count). The van der Waals surface area contributed by atoms with Gasteiger partial charge in [0.05, 0.1) is 18.8 Å². The highest BCUT2D eigenvalue weighted by molar-refractivity contribution is 5.78. The van der Waals surface area contributed by atoms with Crippen molar-refractivity contribution in [2.24, 2.45) is 0 Å². The fraction of sp³-hybridized carbons (Fsp3) is 0.444. The number of amides is 2. The number of hydrogen-bond donors (Lipinski definition) is 0. The summed E-state index contributed by atoms with van der Waals surface area (Å²) in [5.41, 5.74) is 0.748. The average molecular weight is 373 g/mol. The van der Waals surface area contributed by atoms with E-state index >= 15 is 0 Å². The zero-order valence-corrected chi connectivity index (χ0v) is 14.8. The van der Waals surface area contributed by atoms with Crippen molar-refractivity contribution in [3.63, 3.8) is 0 Å². The summed E-state index contributed by atoms with van der Waals surface area (Å²) in [4.78, 5) is 27.2. The van der Waals surface area contributed by atoms with Gasteiger partial charge in [0.1, 0.15) is 5.69 Å². The molecule has 1 aromatic heterocycles. The van der Waals surface area contributed by atoms with Crippen LogP contribution in [0, 0.1) is 5.82 Å². The van der Waals surface area contributed by atoms with Crippen molar-refractivity contribution in [1.82, 2.24) is 24.8 Å². The van der Waals surface area contributed by atoms with Gasteiger partial charge in [-0.25, -0.2) is 9.07 Å². The molecule has 0 aliphatic carbocycles. The maximum absolute atomic E-state index is 13.5. The second-order valence-electron chi connectivity index (χ2n) is 6.78. The number of para-hydroxylation sites is 1. The minimum atomic E-state index is -0.488. The third-order valence-electron chi connectivity index (χ3n) is 4.86. The first kappa shape index (κ1) is 17.4. The molecule has 2 fully saturated rings. The molecule has 2 amide bonds. The van der Waals surface area contributed by atoms with E-state index in [1.54, 1.807) is 26.6 Å². The summed E-state index contributed by atoms with van der Waals surface area (Å²) < 4.78 is 20.5. The first-order chi connectivity index (χ1) is 13.1. The van der Waals surface area contributed by atoms with E-state index in [1.165, 1.54) is 12.1 Å². The highest BCUT2D eigenvalue weighted by Gasteiger charge is 2.33. The van der Waals surface area contributed by atoms with E-state index in [4.69, 9.17) is 4.74 Å². The molecule has 0 bridgehead atoms. The number of nitrogens with zero attached hydrogens (tertiary/aromatic N) is 5. The highest BCUT2D eigenvalue weighted by atomic mass is 19.1. The van der Waals surface area contributed by atoms with Crippen LogP contribution >= 0.6 is 0 Å². The first-order valence-corrected chi connectivity index (χ1v) is 8.94. The van der Waals surface area contributed by atoms with Gasteiger partial charge >= 0.3 is 0 Å². The summed E-state index contributed by atoms with van der Waals surface area (Å²) in [6.07, 6.45) is 3.32. The number of hydrogen-bond acceptors (Lipinski definition) is 5. The van der Waals surface area contributed by atoms with E-state index in [1.807, 2.05) is 6.20 Å². The number of ether oxygens (including phenoxy) is 1. The van der Waals surface area contributed by atoms with Crippen LogP contribution in [0.15, 0.2) is 30.5 Å². The smallest absolute Gasteiger partial charge is 0.260 e. The van der Waals surface area contributed by atoms with Gasteiger partial charge in [0.15, 0.2) is 18.2 Å². The number of halogens is 1. The molecular weight excluding hydrogens is 353 g/mol. The number of carbonyl (C=O) groups is 2. The second kappa shape index (κ2) is 7.34. The molecule has 2 aliphatic heterocycles. The van der Waals surface area contributed by atoms with Crippen LogP contribution in [0.2, 0.25) is 0 Å². The SMILES string of the molecule is O=C1CCCN1Cc1cn(C2CN(C(=O)COc3ccccc3F)C2)nn1. The van der Waals surface area contributed by atoms with Gasteiger partial charge in [-0.05, 0) is 18.6 Å². The molecule has 0 N–H and O–H groups in total. The maximum atomic E-state index is 13.5. The normalized spacial score (nSPS) is 17.3.